The number of amides is 1. The van der Waals surface area contributed by atoms with E-state index in [2.05, 4.69) is 5.32 Å². The highest BCUT2D eigenvalue weighted by Gasteiger charge is 2.27. The van der Waals surface area contributed by atoms with Gasteiger partial charge in [0, 0.05) is 6.54 Å². The van der Waals surface area contributed by atoms with Crippen molar-refractivity contribution in [2.45, 2.75) is 18.9 Å². The molecule has 1 aromatic rings. The zero-order valence-corrected chi connectivity index (χ0v) is 10.9. The summed E-state index contributed by atoms with van der Waals surface area (Å²) >= 11 is 0.790. The lowest BCUT2D eigenvalue weighted by molar-refractivity contribution is -0.138. The maximum atomic E-state index is 12.8. The Labute approximate surface area is 113 Å². The van der Waals surface area contributed by atoms with Crippen LogP contribution in [0.1, 0.15) is 22.5 Å². The molecule has 5 nitrogen and oxygen atoms in total. The number of carbonyl (C=O) groups excluding carboxylic acids is 1. The van der Waals surface area contributed by atoms with Crippen molar-refractivity contribution in [2.75, 3.05) is 13.2 Å². The molecule has 0 aromatic carbocycles. The van der Waals surface area contributed by atoms with Crippen LogP contribution in [0.2, 0.25) is 0 Å². The van der Waals surface area contributed by atoms with E-state index in [1.807, 2.05) is 0 Å². The maximum Gasteiger partial charge on any atom is 0.303 e. The molecule has 1 aromatic heterocycles. The van der Waals surface area contributed by atoms with E-state index in [9.17, 15) is 14.0 Å². The molecule has 1 saturated heterocycles. The summed E-state index contributed by atoms with van der Waals surface area (Å²) < 4.78 is 18.2. The summed E-state index contributed by atoms with van der Waals surface area (Å²) in [5.74, 6) is -1.18. The third kappa shape index (κ3) is 4.00. The Morgan fingerprint density at radius 3 is 2.95 bits per heavy atom. The molecule has 0 radical (unpaired) electrons. The second-order valence-corrected chi connectivity index (χ2v) is 5.50. The fourth-order valence-corrected chi connectivity index (χ4v) is 2.69. The molecule has 1 amide bonds. The largest absolute Gasteiger partial charge is 0.481 e. The number of thiophene rings is 1. The minimum absolute atomic E-state index is 0.00131. The molecule has 0 aliphatic carbocycles. The molecule has 2 atom stereocenters. The van der Waals surface area contributed by atoms with E-state index in [0.717, 1.165) is 11.3 Å². The topological polar surface area (TPSA) is 75.6 Å². The molecular weight excluding hydrogens is 273 g/mol. The van der Waals surface area contributed by atoms with Gasteiger partial charge in [-0.3, -0.25) is 9.59 Å². The minimum Gasteiger partial charge on any atom is -0.481 e. The second-order valence-electron chi connectivity index (χ2n) is 4.47. The first-order chi connectivity index (χ1) is 9.04. The van der Waals surface area contributed by atoms with Crippen LogP contribution in [0.4, 0.5) is 4.39 Å². The van der Waals surface area contributed by atoms with E-state index in [4.69, 9.17) is 9.84 Å². The lowest BCUT2D eigenvalue weighted by Crippen LogP contribution is -2.31. The summed E-state index contributed by atoms with van der Waals surface area (Å²) in [6.45, 7) is 0.717. The molecule has 0 spiro atoms. The number of aliphatic carboxylic acids is 1. The van der Waals surface area contributed by atoms with Gasteiger partial charge in [-0.1, -0.05) is 0 Å². The average molecular weight is 287 g/mol. The summed E-state index contributed by atoms with van der Waals surface area (Å²) in [5.41, 5.74) is 0. The Hall–Kier alpha value is -1.47. The highest BCUT2D eigenvalue weighted by molar-refractivity contribution is 7.12. The fraction of sp³-hybridized carbons (Fsp3) is 0.500. The van der Waals surface area contributed by atoms with Crippen molar-refractivity contribution in [2.24, 2.45) is 5.92 Å². The number of ether oxygens (including phenoxy) is 1. The minimum atomic E-state index is -0.840. The van der Waals surface area contributed by atoms with E-state index < -0.39 is 11.1 Å². The van der Waals surface area contributed by atoms with Crippen LogP contribution in [-0.4, -0.2) is 36.2 Å². The Kier molecular flexibility index (Phi) is 4.49. The highest BCUT2D eigenvalue weighted by atomic mass is 32.1. The van der Waals surface area contributed by atoms with Gasteiger partial charge < -0.3 is 15.2 Å². The summed E-state index contributed by atoms with van der Waals surface area (Å²) in [6.07, 6.45) is 0.532. The third-order valence-electron chi connectivity index (χ3n) is 2.91. The van der Waals surface area contributed by atoms with Gasteiger partial charge in [0.25, 0.3) is 5.91 Å². The van der Waals surface area contributed by atoms with E-state index in [-0.39, 0.29) is 24.3 Å². The number of nitrogens with one attached hydrogen (secondary N) is 1. The van der Waals surface area contributed by atoms with Crippen molar-refractivity contribution in [3.05, 3.63) is 22.1 Å². The molecule has 19 heavy (non-hydrogen) atoms. The van der Waals surface area contributed by atoms with Gasteiger partial charge in [-0.2, -0.15) is 4.39 Å². The van der Waals surface area contributed by atoms with Crippen LogP contribution in [0.15, 0.2) is 12.1 Å². The Bertz CT molecular complexity index is 476. The molecule has 2 unspecified atom stereocenters. The zero-order valence-electron chi connectivity index (χ0n) is 10.1. The van der Waals surface area contributed by atoms with Gasteiger partial charge in [0.05, 0.1) is 24.0 Å². The molecule has 0 saturated carbocycles. The number of hydrogen-bond donors (Lipinski definition) is 2. The van der Waals surface area contributed by atoms with E-state index in [1.54, 1.807) is 0 Å². The molecule has 1 fully saturated rings. The van der Waals surface area contributed by atoms with Crippen molar-refractivity contribution in [3.8, 4) is 0 Å². The number of rotatable bonds is 5. The Morgan fingerprint density at radius 2 is 2.32 bits per heavy atom. The lowest BCUT2D eigenvalue weighted by Gasteiger charge is -2.10. The molecule has 2 heterocycles. The van der Waals surface area contributed by atoms with Gasteiger partial charge in [0.1, 0.15) is 0 Å². The molecule has 104 valence electrons. The number of hydrogen-bond acceptors (Lipinski definition) is 4. The number of carbonyl (C=O) groups is 2. The number of carboxylic acid groups (broad SMARTS) is 1. The summed E-state index contributed by atoms with van der Waals surface area (Å²) in [6, 6.07) is 2.67. The van der Waals surface area contributed by atoms with Crippen molar-refractivity contribution in [1.82, 2.24) is 5.32 Å². The van der Waals surface area contributed by atoms with E-state index in [1.165, 1.54) is 12.1 Å². The van der Waals surface area contributed by atoms with Gasteiger partial charge in [0.2, 0.25) is 0 Å². The lowest BCUT2D eigenvalue weighted by atomic mass is 10.0. The van der Waals surface area contributed by atoms with Gasteiger partial charge in [-0.25, -0.2) is 0 Å². The van der Waals surface area contributed by atoms with E-state index >= 15 is 0 Å². The van der Waals surface area contributed by atoms with Crippen LogP contribution in [-0.2, 0) is 9.53 Å². The highest BCUT2D eigenvalue weighted by Crippen LogP contribution is 2.22. The number of halogens is 1. The van der Waals surface area contributed by atoms with Gasteiger partial charge in [-0.15, -0.1) is 11.3 Å². The quantitative estimate of drug-likeness (QED) is 0.860. The first-order valence-corrected chi connectivity index (χ1v) is 6.73. The molecule has 1 aliphatic rings. The monoisotopic (exact) mass is 287 g/mol. The van der Waals surface area contributed by atoms with Gasteiger partial charge in [0.15, 0.2) is 5.13 Å². The molecule has 1 aliphatic heterocycles. The molecule has 2 N–H and O–H groups in total. The molecular formula is C12H14FNO4S. The second kappa shape index (κ2) is 6.12. The van der Waals surface area contributed by atoms with Crippen LogP contribution in [0, 0.1) is 11.0 Å². The normalized spacial score (nSPS) is 22.4. The third-order valence-corrected chi connectivity index (χ3v) is 3.79. The molecule has 0 bridgehead atoms. The van der Waals surface area contributed by atoms with Crippen molar-refractivity contribution >= 4 is 23.2 Å². The fourth-order valence-electron chi connectivity index (χ4n) is 2.04. The summed E-state index contributed by atoms with van der Waals surface area (Å²) in [7, 11) is 0. The van der Waals surface area contributed by atoms with Crippen LogP contribution < -0.4 is 5.32 Å². The summed E-state index contributed by atoms with van der Waals surface area (Å²) in [4.78, 5) is 22.5. The predicted octanol–water partition coefficient (Wildman–Crippen LogP) is 1.50. The van der Waals surface area contributed by atoms with Crippen molar-refractivity contribution < 1.29 is 23.8 Å². The Morgan fingerprint density at radius 1 is 1.53 bits per heavy atom. The SMILES string of the molecule is O=C(O)CC1COC(CNC(=O)c2ccc(F)s2)C1. The zero-order chi connectivity index (χ0) is 13.8. The summed E-state index contributed by atoms with van der Waals surface area (Å²) in [5, 5.41) is 10.9. The van der Waals surface area contributed by atoms with Crippen LogP contribution in [0.3, 0.4) is 0 Å². The van der Waals surface area contributed by atoms with Gasteiger partial charge >= 0.3 is 5.97 Å². The van der Waals surface area contributed by atoms with Crippen LogP contribution in [0.25, 0.3) is 0 Å². The Balaban J connectivity index is 1.74. The smallest absolute Gasteiger partial charge is 0.303 e. The molecule has 2 rings (SSSR count). The van der Waals surface area contributed by atoms with Gasteiger partial charge in [-0.05, 0) is 24.5 Å². The van der Waals surface area contributed by atoms with Crippen LogP contribution >= 0.6 is 11.3 Å². The first-order valence-electron chi connectivity index (χ1n) is 5.91. The van der Waals surface area contributed by atoms with E-state index in [0.29, 0.717) is 24.4 Å². The van der Waals surface area contributed by atoms with Crippen molar-refractivity contribution in [3.63, 3.8) is 0 Å². The molecule has 7 heteroatoms. The van der Waals surface area contributed by atoms with Crippen LogP contribution in [0.5, 0.6) is 0 Å². The van der Waals surface area contributed by atoms with Crippen molar-refractivity contribution in [1.29, 1.82) is 0 Å². The number of carboxylic acids is 1. The maximum absolute atomic E-state index is 12.8. The predicted molar refractivity (Wildman–Crippen MR) is 66.7 cm³/mol. The first kappa shape index (κ1) is 14.0. The standard InChI is InChI=1S/C12H14FNO4S/c13-10-2-1-9(19-10)12(17)14-5-8-3-7(6-18-8)4-11(15)16/h1-2,7-8H,3-6H2,(H,14,17)(H,15,16). The average Bonchev–Trinajstić information content (AvgIpc) is 2.94.